The lowest BCUT2D eigenvalue weighted by molar-refractivity contribution is 0.112. The molecule has 0 radical (unpaired) electrons. The van der Waals surface area contributed by atoms with E-state index in [0.717, 1.165) is 69.5 Å². The van der Waals surface area contributed by atoms with E-state index in [0.29, 0.717) is 5.56 Å². The van der Waals surface area contributed by atoms with Crippen molar-refractivity contribution in [2.45, 2.75) is 18.4 Å². The summed E-state index contributed by atoms with van der Waals surface area (Å²) in [5.41, 5.74) is 8.94. The molecule has 1 heterocycles. The second kappa shape index (κ2) is 10.4. The summed E-state index contributed by atoms with van der Waals surface area (Å²) >= 11 is 0. The number of rotatable bonds is 6. The van der Waals surface area contributed by atoms with Crippen LogP contribution in [0.15, 0.2) is 91.0 Å². The van der Waals surface area contributed by atoms with Gasteiger partial charge in [0.15, 0.2) is 5.60 Å². The predicted octanol–water partition coefficient (Wildman–Crippen LogP) is 7.85. The average molecular weight is 568 g/mol. The van der Waals surface area contributed by atoms with E-state index in [4.69, 9.17) is 14.2 Å². The number of anilines is 1. The molecule has 1 atom stereocenters. The Morgan fingerprint density at radius 2 is 1.49 bits per heavy atom. The summed E-state index contributed by atoms with van der Waals surface area (Å²) in [6.45, 7) is 0. The molecule has 0 bridgehead atoms. The molecule has 0 aromatic heterocycles. The highest BCUT2D eigenvalue weighted by Gasteiger charge is 2.39. The molecule has 1 aliphatic carbocycles. The van der Waals surface area contributed by atoms with Crippen LogP contribution in [0.4, 0.5) is 5.69 Å². The maximum absolute atomic E-state index is 11.5. The predicted molar refractivity (Wildman–Crippen MR) is 173 cm³/mol. The Balaban J connectivity index is 1.50. The fourth-order valence-electron chi connectivity index (χ4n) is 6.60. The van der Waals surface area contributed by atoms with Crippen molar-refractivity contribution in [3.05, 3.63) is 124 Å². The minimum absolute atomic E-state index is 0.707. The monoisotopic (exact) mass is 567 g/mol. The van der Waals surface area contributed by atoms with Gasteiger partial charge in [0.2, 0.25) is 0 Å². The van der Waals surface area contributed by atoms with E-state index in [9.17, 15) is 4.79 Å². The number of hydrogen-bond acceptors (Lipinski definition) is 5. The third-order valence-corrected chi connectivity index (χ3v) is 8.87. The number of ether oxygens (including phenoxy) is 3. The van der Waals surface area contributed by atoms with Crippen molar-refractivity contribution in [3.63, 3.8) is 0 Å². The van der Waals surface area contributed by atoms with E-state index in [1.54, 1.807) is 14.2 Å². The Morgan fingerprint density at radius 3 is 2.16 bits per heavy atom. The Labute approximate surface area is 251 Å². The van der Waals surface area contributed by atoms with Gasteiger partial charge in [0.25, 0.3) is 0 Å². The first-order valence-electron chi connectivity index (χ1n) is 14.5. The van der Waals surface area contributed by atoms with E-state index in [-0.39, 0.29) is 0 Å². The minimum atomic E-state index is -0.861. The lowest BCUT2D eigenvalue weighted by Gasteiger charge is -2.38. The van der Waals surface area contributed by atoms with Crippen molar-refractivity contribution in [2.75, 3.05) is 33.2 Å². The molecule has 0 saturated heterocycles. The molecule has 0 spiro atoms. The first kappa shape index (κ1) is 26.8. The quantitative estimate of drug-likeness (QED) is 0.196. The fraction of sp³-hybridized carbons (Fsp3) is 0.184. The molecule has 5 heteroatoms. The van der Waals surface area contributed by atoms with Crippen LogP contribution in [-0.4, -0.2) is 34.6 Å². The van der Waals surface area contributed by atoms with Crippen LogP contribution in [0.3, 0.4) is 0 Å². The average Bonchev–Trinajstić information content (AvgIpc) is 3.07. The Kier molecular flexibility index (Phi) is 6.46. The van der Waals surface area contributed by atoms with E-state index in [1.807, 2.05) is 44.4 Å². The molecule has 2 aliphatic rings. The second-order valence-electron chi connectivity index (χ2n) is 11.4. The number of fused-ring (bicyclic) bond motifs is 8. The molecule has 5 aromatic rings. The number of hydrogen-bond donors (Lipinski definition) is 0. The zero-order chi connectivity index (χ0) is 29.7. The molecule has 1 unspecified atom stereocenters. The minimum Gasteiger partial charge on any atom is -0.497 e. The van der Waals surface area contributed by atoms with Crippen LogP contribution in [0, 0.1) is 0 Å². The molecule has 5 aromatic carbocycles. The standard InChI is InChI=1S/C38H33NO4/c1-39(2)28-11-7-26(8-12-28)38(27-9-13-29(41-3)14-10-27)20-19-34-32-17-6-25-21-24(23-40)5-16-31(25)36(32)33-18-15-30(42-4)22-35(33)37(34)43-38/h5,7-16,18-23H,6,17H2,1-4H3. The number of methoxy groups -OCH3 is 2. The summed E-state index contributed by atoms with van der Waals surface area (Å²) in [6.07, 6.45) is 7.08. The van der Waals surface area contributed by atoms with Crippen molar-refractivity contribution in [1.82, 2.24) is 0 Å². The van der Waals surface area contributed by atoms with E-state index >= 15 is 0 Å². The molecule has 0 saturated carbocycles. The van der Waals surface area contributed by atoms with Crippen LogP contribution in [0.25, 0.3) is 28.0 Å². The molecular formula is C38H33NO4. The SMILES string of the molecule is COc1ccc(C2(c3ccc(N(C)C)cc3)C=Cc3c4c(c5ccc(OC)cc5c3O2)-c2ccc(C=O)cc2CC4)cc1. The Morgan fingerprint density at radius 1 is 0.791 bits per heavy atom. The zero-order valence-electron chi connectivity index (χ0n) is 24.8. The third kappa shape index (κ3) is 4.26. The molecule has 0 amide bonds. The normalized spacial score (nSPS) is 16.5. The van der Waals surface area contributed by atoms with Crippen molar-refractivity contribution >= 4 is 28.8 Å². The summed E-state index contributed by atoms with van der Waals surface area (Å²) in [5, 5.41) is 2.10. The van der Waals surface area contributed by atoms with Crippen LogP contribution >= 0.6 is 0 Å². The third-order valence-electron chi connectivity index (χ3n) is 8.87. The van der Waals surface area contributed by atoms with E-state index in [1.165, 1.54) is 22.3 Å². The van der Waals surface area contributed by atoms with Crippen LogP contribution in [0.2, 0.25) is 0 Å². The van der Waals surface area contributed by atoms with E-state index in [2.05, 4.69) is 71.6 Å². The smallest absolute Gasteiger partial charge is 0.178 e. The lowest BCUT2D eigenvalue weighted by atomic mass is 9.77. The molecule has 43 heavy (non-hydrogen) atoms. The number of carbonyl (C=O) groups is 1. The van der Waals surface area contributed by atoms with Gasteiger partial charge in [-0.3, -0.25) is 4.79 Å². The summed E-state index contributed by atoms with van der Waals surface area (Å²) in [5.74, 6) is 2.41. The molecule has 1 aliphatic heterocycles. The number of benzene rings is 5. The molecule has 5 nitrogen and oxygen atoms in total. The number of carbonyl (C=O) groups excluding carboxylic acids is 1. The van der Waals surface area contributed by atoms with E-state index < -0.39 is 5.60 Å². The largest absolute Gasteiger partial charge is 0.497 e. The number of nitrogens with zero attached hydrogens (tertiary/aromatic N) is 1. The Hall–Kier alpha value is -5.03. The first-order chi connectivity index (χ1) is 21.0. The summed E-state index contributed by atoms with van der Waals surface area (Å²) in [7, 11) is 7.46. The number of aryl methyl sites for hydroxylation is 1. The van der Waals surface area contributed by atoms with Gasteiger partial charge in [-0.05, 0) is 95.1 Å². The van der Waals surface area contributed by atoms with Gasteiger partial charge in [-0.25, -0.2) is 0 Å². The van der Waals surface area contributed by atoms with Crippen molar-refractivity contribution in [1.29, 1.82) is 0 Å². The van der Waals surface area contributed by atoms with Crippen molar-refractivity contribution in [2.24, 2.45) is 0 Å². The van der Waals surface area contributed by atoms with Gasteiger partial charge in [-0.2, -0.15) is 0 Å². The summed E-state index contributed by atoms with van der Waals surface area (Å²) in [6, 6.07) is 28.9. The number of aldehydes is 1. The van der Waals surface area contributed by atoms with Crippen molar-refractivity contribution < 1.29 is 19.0 Å². The molecule has 0 fully saturated rings. The lowest BCUT2D eigenvalue weighted by Crippen LogP contribution is -2.34. The maximum Gasteiger partial charge on any atom is 0.178 e. The van der Waals surface area contributed by atoms with Crippen LogP contribution in [0.1, 0.15) is 38.2 Å². The van der Waals surface area contributed by atoms with Crippen molar-refractivity contribution in [3.8, 4) is 28.4 Å². The summed E-state index contributed by atoms with van der Waals surface area (Å²) < 4.78 is 18.5. The maximum atomic E-state index is 11.5. The molecular weight excluding hydrogens is 534 g/mol. The fourth-order valence-corrected chi connectivity index (χ4v) is 6.60. The first-order valence-corrected chi connectivity index (χ1v) is 14.5. The highest BCUT2D eigenvalue weighted by Crippen LogP contribution is 2.52. The molecule has 0 N–H and O–H groups in total. The van der Waals surface area contributed by atoms with Crippen LogP contribution in [0.5, 0.6) is 17.2 Å². The zero-order valence-corrected chi connectivity index (χ0v) is 24.8. The summed E-state index contributed by atoms with van der Waals surface area (Å²) in [4.78, 5) is 13.6. The van der Waals surface area contributed by atoms with Gasteiger partial charge >= 0.3 is 0 Å². The molecule has 214 valence electrons. The highest BCUT2D eigenvalue weighted by atomic mass is 16.5. The van der Waals surface area contributed by atoms with Gasteiger partial charge in [0.1, 0.15) is 23.5 Å². The van der Waals surface area contributed by atoms with Gasteiger partial charge in [-0.1, -0.05) is 42.5 Å². The highest BCUT2D eigenvalue weighted by molar-refractivity contribution is 6.07. The van der Waals surface area contributed by atoms with Gasteiger partial charge < -0.3 is 19.1 Å². The van der Waals surface area contributed by atoms with Gasteiger partial charge in [0.05, 0.1) is 14.2 Å². The second-order valence-corrected chi connectivity index (χ2v) is 11.4. The Bertz CT molecular complexity index is 1900. The topological polar surface area (TPSA) is 48.0 Å². The van der Waals surface area contributed by atoms with Crippen LogP contribution in [-0.2, 0) is 18.4 Å². The van der Waals surface area contributed by atoms with Crippen LogP contribution < -0.4 is 19.1 Å². The van der Waals surface area contributed by atoms with Gasteiger partial charge in [-0.15, -0.1) is 0 Å². The van der Waals surface area contributed by atoms with Gasteiger partial charge in [0, 0.05) is 47.4 Å². The molecule has 7 rings (SSSR count).